The van der Waals surface area contributed by atoms with Crippen LogP contribution in [0.5, 0.6) is 0 Å². The second-order valence-electron chi connectivity index (χ2n) is 8.18. The van der Waals surface area contributed by atoms with Crippen LogP contribution in [0.1, 0.15) is 22.7 Å². The van der Waals surface area contributed by atoms with E-state index in [-0.39, 0.29) is 18.4 Å². The summed E-state index contributed by atoms with van der Waals surface area (Å²) in [7, 11) is 1.76. The second kappa shape index (κ2) is 8.98. The lowest BCUT2D eigenvalue weighted by atomic mass is 9.96. The molecule has 0 aliphatic carbocycles. The van der Waals surface area contributed by atoms with Crippen LogP contribution >= 0.6 is 0 Å². The Morgan fingerprint density at radius 2 is 1.67 bits per heavy atom. The number of hydrogen-bond acceptors (Lipinski definition) is 4. The molecule has 2 aromatic rings. The summed E-state index contributed by atoms with van der Waals surface area (Å²) in [5.74, 6) is -0.128. The van der Waals surface area contributed by atoms with Crippen molar-refractivity contribution in [2.75, 3.05) is 39.8 Å². The maximum atomic E-state index is 13.4. The number of amides is 2. The molecule has 2 atom stereocenters. The van der Waals surface area contributed by atoms with Gasteiger partial charge in [0.15, 0.2) is 6.10 Å². The monoisotopic (exact) mass is 407 g/mol. The number of carbonyl (C=O) groups is 2. The number of ether oxygens (including phenoxy) is 1. The number of piperazine rings is 1. The van der Waals surface area contributed by atoms with Gasteiger partial charge in [0.2, 0.25) is 5.91 Å². The lowest BCUT2D eigenvalue weighted by Crippen LogP contribution is -2.57. The summed E-state index contributed by atoms with van der Waals surface area (Å²) < 4.78 is 5.80. The molecule has 2 fully saturated rings. The molecule has 158 valence electrons. The van der Waals surface area contributed by atoms with Crippen LogP contribution < -0.4 is 0 Å². The van der Waals surface area contributed by atoms with Crippen molar-refractivity contribution in [2.24, 2.45) is 0 Å². The number of benzene rings is 2. The van der Waals surface area contributed by atoms with Gasteiger partial charge in [-0.25, -0.2) is 0 Å². The molecule has 4 rings (SSSR count). The first kappa shape index (κ1) is 20.6. The van der Waals surface area contributed by atoms with Gasteiger partial charge in [0.05, 0.1) is 6.04 Å². The van der Waals surface area contributed by atoms with Crippen LogP contribution in [-0.4, -0.2) is 72.5 Å². The third-order valence-corrected chi connectivity index (χ3v) is 6.08. The smallest absolute Gasteiger partial charge is 0.254 e. The fourth-order valence-corrected chi connectivity index (χ4v) is 4.23. The van der Waals surface area contributed by atoms with E-state index in [2.05, 4.69) is 29.2 Å². The van der Waals surface area contributed by atoms with Crippen LogP contribution in [0.15, 0.2) is 54.6 Å². The molecule has 6 heteroatoms. The van der Waals surface area contributed by atoms with Crippen LogP contribution in [0.25, 0.3) is 0 Å². The van der Waals surface area contributed by atoms with Gasteiger partial charge in [0.1, 0.15) is 6.61 Å². The molecule has 2 aliphatic heterocycles. The standard InChI is InChI=1S/C24H29N3O3/c1-18-8-10-20(11-9-18)22-23(30-17-21(28)25(22)2)24(29)27-14-12-26(13-15-27)16-19-6-4-3-5-7-19/h3-11,22-23H,12-17H2,1-2H3/t22-,23-/m0/s1. The highest BCUT2D eigenvalue weighted by atomic mass is 16.5. The molecule has 30 heavy (non-hydrogen) atoms. The van der Waals surface area contributed by atoms with Gasteiger partial charge in [-0.15, -0.1) is 0 Å². The molecule has 0 spiro atoms. The summed E-state index contributed by atoms with van der Waals surface area (Å²) in [5.41, 5.74) is 3.35. The van der Waals surface area contributed by atoms with Gasteiger partial charge < -0.3 is 14.5 Å². The Kier molecular flexibility index (Phi) is 6.16. The van der Waals surface area contributed by atoms with Crippen molar-refractivity contribution in [3.63, 3.8) is 0 Å². The van der Waals surface area contributed by atoms with Gasteiger partial charge in [-0.1, -0.05) is 60.2 Å². The van der Waals surface area contributed by atoms with Gasteiger partial charge in [-0.2, -0.15) is 0 Å². The van der Waals surface area contributed by atoms with E-state index in [1.54, 1.807) is 11.9 Å². The Morgan fingerprint density at radius 1 is 1.00 bits per heavy atom. The maximum Gasteiger partial charge on any atom is 0.254 e. The van der Waals surface area contributed by atoms with Crippen LogP contribution in [0.4, 0.5) is 0 Å². The SMILES string of the molecule is Cc1ccc([C@H]2[C@@H](C(=O)N3CCN(Cc4ccccc4)CC3)OCC(=O)N2C)cc1. The first-order valence-corrected chi connectivity index (χ1v) is 10.5. The molecule has 0 aromatic heterocycles. The van der Waals surface area contributed by atoms with Crippen molar-refractivity contribution in [3.8, 4) is 0 Å². The zero-order valence-corrected chi connectivity index (χ0v) is 17.7. The van der Waals surface area contributed by atoms with E-state index in [9.17, 15) is 9.59 Å². The minimum atomic E-state index is -0.670. The van der Waals surface area contributed by atoms with Crippen molar-refractivity contribution in [1.82, 2.24) is 14.7 Å². The van der Waals surface area contributed by atoms with Gasteiger partial charge >= 0.3 is 0 Å². The van der Waals surface area contributed by atoms with Crippen molar-refractivity contribution in [1.29, 1.82) is 0 Å². The average Bonchev–Trinajstić information content (AvgIpc) is 2.77. The second-order valence-corrected chi connectivity index (χ2v) is 8.18. The third-order valence-electron chi connectivity index (χ3n) is 6.08. The molecule has 0 N–H and O–H groups in total. The van der Waals surface area contributed by atoms with Gasteiger partial charge in [-0.3, -0.25) is 14.5 Å². The molecule has 6 nitrogen and oxygen atoms in total. The lowest BCUT2D eigenvalue weighted by molar-refractivity contribution is -0.168. The fraction of sp³-hybridized carbons (Fsp3) is 0.417. The van der Waals surface area contributed by atoms with E-state index in [4.69, 9.17) is 4.74 Å². The summed E-state index contributed by atoms with van der Waals surface area (Å²) in [6, 6.07) is 18.0. The van der Waals surface area contributed by atoms with Crippen LogP contribution in [0, 0.1) is 6.92 Å². The van der Waals surface area contributed by atoms with E-state index < -0.39 is 12.1 Å². The highest BCUT2D eigenvalue weighted by Gasteiger charge is 2.42. The summed E-state index contributed by atoms with van der Waals surface area (Å²) >= 11 is 0. The molecule has 0 bridgehead atoms. The van der Waals surface area contributed by atoms with E-state index in [1.807, 2.05) is 42.2 Å². The number of rotatable bonds is 4. The largest absolute Gasteiger partial charge is 0.356 e. The molecular formula is C24H29N3O3. The molecule has 0 saturated carbocycles. The molecule has 2 aliphatic rings. The van der Waals surface area contributed by atoms with Gasteiger partial charge in [-0.05, 0) is 18.1 Å². The first-order chi connectivity index (χ1) is 14.5. The molecule has 0 radical (unpaired) electrons. The Labute approximate surface area is 178 Å². The summed E-state index contributed by atoms with van der Waals surface area (Å²) in [5, 5.41) is 0. The summed E-state index contributed by atoms with van der Waals surface area (Å²) in [4.78, 5) is 31.6. The quantitative estimate of drug-likeness (QED) is 0.780. The Bertz CT molecular complexity index is 876. The fourth-order valence-electron chi connectivity index (χ4n) is 4.23. The highest BCUT2D eigenvalue weighted by Crippen LogP contribution is 2.30. The van der Waals surface area contributed by atoms with Crippen LogP contribution in [-0.2, 0) is 20.9 Å². The predicted molar refractivity (Wildman–Crippen MR) is 115 cm³/mol. The molecule has 2 aromatic carbocycles. The lowest BCUT2D eigenvalue weighted by Gasteiger charge is -2.42. The number of morpholine rings is 1. The van der Waals surface area contributed by atoms with Crippen LogP contribution in [0.3, 0.4) is 0 Å². The summed E-state index contributed by atoms with van der Waals surface area (Å²) in [6.07, 6.45) is -0.670. The Morgan fingerprint density at radius 3 is 2.33 bits per heavy atom. The van der Waals surface area contributed by atoms with Gasteiger partial charge in [0.25, 0.3) is 5.91 Å². The Balaban J connectivity index is 1.43. The van der Waals surface area contributed by atoms with E-state index in [1.165, 1.54) is 5.56 Å². The van der Waals surface area contributed by atoms with E-state index in [0.717, 1.165) is 30.8 Å². The predicted octanol–water partition coefficient (Wildman–Crippen LogP) is 2.24. The third kappa shape index (κ3) is 4.40. The number of aryl methyl sites for hydroxylation is 1. The first-order valence-electron chi connectivity index (χ1n) is 10.5. The van der Waals surface area contributed by atoms with E-state index >= 15 is 0 Å². The van der Waals surface area contributed by atoms with Crippen molar-refractivity contribution in [3.05, 3.63) is 71.3 Å². The van der Waals surface area contributed by atoms with Gasteiger partial charge in [0, 0.05) is 39.8 Å². The summed E-state index contributed by atoms with van der Waals surface area (Å²) in [6.45, 7) is 5.87. The van der Waals surface area contributed by atoms with Crippen LogP contribution in [0.2, 0.25) is 0 Å². The molecule has 2 saturated heterocycles. The van der Waals surface area contributed by atoms with Crippen molar-refractivity contribution < 1.29 is 14.3 Å². The van der Waals surface area contributed by atoms with E-state index in [0.29, 0.717) is 13.1 Å². The minimum Gasteiger partial charge on any atom is -0.356 e. The number of likely N-dealkylation sites (N-methyl/N-ethyl adjacent to an activating group) is 1. The number of carbonyl (C=O) groups excluding carboxylic acids is 2. The molecule has 2 amide bonds. The maximum absolute atomic E-state index is 13.4. The zero-order chi connectivity index (χ0) is 21.1. The number of nitrogens with zero attached hydrogens (tertiary/aromatic N) is 3. The Hall–Kier alpha value is -2.70. The minimum absolute atomic E-state index is 0.0284. The average molecular weight is 408 g/mol. The van der Waals surface area contributed by atoms with Crippen molar-refractivity contribution >= 4 is 11.8 Å². The topological polar surface area (TPSA) is 53.1 Å². The van der Waals surface area contributed by atoms with Crippen molar-refractivity contribution in [2.45, 2.75) is 25.6 Å². The zero-order valence-electron chi connectivity index (χ0n) is 17.7. The number of hydrogen-bond donors (Lipinski definition) is 0. The molecule has 0 unspecified atom stereocenters. The molecular weight excluding hydrogens is 378 g/mol. The normalized spacial score (nSPS) is 22.9. The molecule has 2 heterocycles. The highest BCUT2D eigenvalue weighted by molar-refractivity contribution is 5.86.